The van der Waals surface area contributed by atoms with Crippen molar-refractivity contribution in [2.45, 2.75) is 27.7 Å². The first kappa shape index (κ1) is 29.8. The van der Waals surface area contributed by atoms with Gasteiger partial charge in [0.15, 0.2) is 0 Å². The molecule has 0 rings (SSSR count). The molecule has 5 heteroatoms. The van der Waals surface area contributed by atoms with Gasteiger partial charge in [-0.05, 0) is 27.7 Å². The molecule has 0 amide bonds. The third-order valence-electron chi connectivity index (χ3n) is 0.813. The Labute approximate surface area is 121 Å². The summed E-state index contributed by atoms with van der Waals surface area (Å²) in [4.78, 5) is 39.9. The maximum atomic E-state index is 9.98. The van der Waals surface area contributed by atoms with E-state index in [1.165, 1.54) is 27.7 Å². The van der Waals surface area contributed by atoms with Crippen molar-refractivity contribution < 1.29 is 19.2 Å². The summed E-state index contributed by atoms with van der Waals surface area (Å²) >= 11 is 0. The molecule has 0 bridgehead atoms. The zero-order valence-corrected chi connectivity index (χ0v) is 14.1. The van der Waals surface area contributed by atoms with Gasteiger partial charge in [0.2, 0.25) is 0 Å². The average molecular weight is 347 g/mol. The van der Waals surface area contributed by atoms with E-state index >= 15 is 0 Å². The monoisotopic (exact) mass is 348 g/mol. The summed E-state index contributed by atoms with van der Waals surface area (Å²) in [7, 11) is 0. The van der Waals surface area contributed by atoms with Gasteiger partial charge < -0.3 is 34.0 Å². The second kappa shape index (κ2) is 17.6. The summed E-state index contributed by atoms with van der Waals surface area (Å²) in [5.41, 5.74) is 0. The Morgan fingerprint density at radius 1 is 0.588 bits per heavy atom. The van der Waals surface area contributed by atoms with Crippen LogP contribution in [0.2, 0.25) is 0 Å². The molecule has 0 atom stereocenters. The summed E-state index contributed by atoms with van der Waals surface area (Å²) in [6.45, 7) is 5.39. The number of ketones is 4. The molecule has 0 fully saturated rings. The maximum Gasteiger partial charge on any atom is 4.00 e. The molecule has 0 aliphatic rings. The molecule has 0 aromatic carbocycles. The Morgan fingerprint density at radius 2 is 0.706 bits per heavy atom. The topological polar surface area (TPSA) is 68.3 Å². The van der Waals surface area contributed by atoms with E-state index in [0.717, 1.165) is 12.8 Å². The van der Waals surface area contributed by atoms with Gasteiger partial charge >= 0.3 is 23.9 Å². The van der Waals surface area contributed by atoms with Crippen LogP contribution in [0.1, 0.15) is 27.7 Å². The predicted octanol–water partition coefficient (Wildman–Crippen LogP) is 1.26. The minimum Gasteiger partial charge on any atom is -0.358 e. The molecular formula is C12H20O4Sn. The number of rotatable bonds is 4. The Kier molecular flexibility index (Phi) is 30.9. The van der Waals surface area contributed by atoms with E-state index in [1.54, 1.807) is 0 Å². The fraction of sp³-hybridized carbons (Fsp3) is 0.333. The molecule has 0 aliphatic heterocycles. The van der Waals surface area contributed by atoms with Crippen LogP contribution >= 0.6 is 0 Å². The van der Waals surface area contributed by atoms with Gasteiger partial charge in [-0.3, -0.25) is 12.8 Å². The van der Waals surface area contributed by atoms with Crippen LogP contribution in [-0.4, -0.2) is 47.0 Å². The summed E-state index contributed by atoms with van der Waals surface area (Å²) in [6, 6.07) is 0. The number of carbonyl (C=O) groups excluding carboxylic acids is 4. The van der Waals surface area contributed by atoms with Crippen LogP contribution in [0, 0.1) is 27.7 Å². The van der Waals surface area contributed by atoms with Gasteiger partial charge in [0, 0.05) is 23.1 Å². The molecule has 0 heterocycles. The van der Waals surface area contributed by atoms with E-state index in [-0.39, 0.29) is 61.9 Å². The fourth-order valence-electron chi connectivity index (χ4n) is 0.572. The van der Waals surface area contributed by atoms with Gasteiger partial charge in [-0.2, -0.15) is 0 Å². The third-order valence-corrected chi connectivity index (χ3v) is 0.813. The molecule has 0 aromatic heterocycles. The molecule has 0 spiro atoms. The molecule has 0 radical (unpaired) electrons. The standard InChI is InChI=1S/2C5H7O2.2CH3.Sn/c2*1-4(6)3-5(2)7;;;/h2*3H,1-2H3;2*1H3;/q4*-1;+4. The van der Waals surface area contributed by atoms with Crippen molar-refractivity contribution >= 4 is 47.0 Å². The second-order valence-corrected chi connectivity index (χ2v) is 2.73. The molecule has 17 heavy (non-hydrogen) atoms. The van der Waals surface area contributed by atoms with Gasteiger partial charge in [0.1, 0.15) is 0 Å². The zero-order chi connectivity index (χ0) is 11.7. The Balaban J connectivity index is -0.0000000480. The van der Waals surface area contributed by atoms with Crippen LogP contribution in [-0.2, 0) is 19.2 Å². The minimum absolute atomic E-state index is 0. The van der Waals surface area contributed by atoms with Gasteiger partial charge in [-0.25, -0.2) is 0 Å². The van der Waals surface area contributed by atoms with E-state index in [2.05, 4.69) is 0 Å². The summed E-state index contributed by atoms with van der Waals surface area (Å²) in [5, 5.41) is 0. The molecule has 0 aromatic rings. The summed E-state index contributed by atoms with van der Waals surface area (Å²) in [5.74, 6) is -0.750. The Bertz CT molecular complexity index is 197. The predicted molar refractivity (Wildman–Crippen MR) is 69.9 cm³/mol. The summed E-state index contributed by atoms with van der Waals surface area (Å²) < 4.78 is 0. The number of Topliss-reactive ketones (excluding diaryl/α,β-unsaturated/α-hetero) is 4. The number of hydrogen-bond acceptors (Lipinski definition) is 4. The van der Waals surface area contributed by atoms with E-state index in [9.17, 15) is 19.2 Å². The Morgan fingerprint density at radius 3 is 0.706 bits per heavy atom. The molecule has 4 nitrogen and oxygen atoms in total. The van der Waals surface area contributed by atoms with Crippen molar-refractivity contribution in [1.82, 2.24) is 0 Å². The molecule has 0 saturated carbocycles. The molecule has 0 saturated heterocycles. The van der Waals surface area contributed by atoms with Crippen molar-refractivity contribution in [1.29, 1.82) is 0 Å². The first-order chi connectivity index (χ1) is 6.25. The normalized spacial score (nSPS) is 6.35. The van der Waals surface area contributed by atoms with E-state index in [1.807, 2.05) is 0 Å². The second-order valence-electron chi connectivity index (χ2n) is 2.73. The van der Waals surface area contributed by atoms with Crippen LogP contribution < -0.4 is 0 Å². The van der Waals surface area contributed by atoms with Crippen LogP contribution in [0.3, 0.4) is 0 Å². The van der Waals surface area contributed by atoms with Crippen molar-refractivity contribution in [2.24, 2.45) is 0 Å². The molecule has 0 N–H and O–H groups in total. The number of carbonyl (C=O) groups is 4. The van der Waals surface area contributed by atoms with E-state index in [0.29, 0.717) is 0 Å². The van der Waals surface area contributed by atoms with Gasteiger partial charge in [0.25, 0.3) is 0 Å². The van der Waals surface area contributed by atoms with Crippen LogP contribution in [0.5, 0.6) is 0 Å². The SMILES string of the molecule is CC(=O)[CH-]C(C)=O.CC(=O)[CH-]C(C)=O.[CH3-].[CH3-].[Sn+4]. The largest absolute Gasteiger partial charge is 4.00 e. The molecule has 0 aliphatic carbocycles. The smallest absolute Gasteiger partial charge is 0.358 e. The molecule has 96 valence electrons. The average Bonchev–Trinajstić information content (AvgIpc) is 1.79. The Hall–Kier alpha value is -0.781. The van der Waals surface area contributed by atoms with Gasteiger partial charge in [-0.1, -0.05) is 0 Å². The summed E-state index contributed by atoms with van der Waals surface area (Å²) in [6.07, 6.45) is 2.11. The number of hydrogen-bond donors (Lipinski definition) is 0. The van der Waals surface area contributed by atoms with Crippen molar-refractivity contribution in [3.63, 3.8) is 0 Å². The third kappa shape index (κ3) is 51.0. The van der Waals surface area contributed by atoms with Crippen molar-refractivity contribution in [3.8, 4) is 0 Å². The van der Waals surface area contributed by atoms with Gasteiger partial charge in [0.05, 0.1) is 0 Å². The van der Waals surface area contributed by atoms with Crippen LogP contribution in [0.25, 0.3) is 0 Å². The molecular weight excluding hydrogens is 327 g/mol. The van der Waals surface area contributed by atoms with Crippen molar-refractivity contribution in [2.75, 3.05) is 0 Å². The molecule has 0 unspecified atom stereocenters. The van der Waals surface area contributed by atoms with E-state index < -0.39 is 0 Å². The maximum absolute atomic E-state index is 9.98. The quantitative estimate of drug-likeness (QED) is 0.436. The van der Waals surface area contributed by atoms with Crippen LogP contribution in [0.15, 0.2) is 0 Å². The van der Waals surface area contributed by atoms with Crippen LogP contribution in [0.4, 0.5) is 0 Å². The van der Waals surface area contributed by atoms with Crippen molar-refractivity contribution in [3.05, 3.63) is 27.7 Å². The zero-order valence-electron chi connectivity index (χ0n) is 11.3. The first-order valence-corrected chi connectivity index (χ1v) is 3.97. The minimum atomic E-state index is -0.187. The first-order valence-electron chi connectivity index (χ1n) is 3.97. The fourth-order valence-corrected chi connectivity index (χ4v) is 0.572. The van der Waals surface area contributed by atoms with Gasteiger partial charge in [-0.15, -0.1) is 0 Å². The van der Waals surface area contributed by atoms with E-state index in [4.69, 9.17) is 0 Å².